The van der Waals surface area contributed by atoms with Crippen molar-refractivity contribution < 1.29 is 18.4 Å². The zero-order valence-corrected chi connectivity index (χ0v) is 24.8. The van der Waals surface area contributed by atoms with Crippen LogP contribution in [0.2, 0.25) is 5.02 Å². The van der Waals surface area contributed by atoms with Crippen molar-refractivity contribution in [3.8, 4) is 29.0 Å². The molecule has 11 nitrogen and oxygen atoms in total. The zero-order valence-electron chi connectivity index (χ0n) is 24.0. The van der Waals surface area contributed by atoms with Crippen LogP contribution >= 0.6 is 11.6 Å². The molecule has 1 N–H and O–H groups in total. The maximum Gasteiger partial charge on any atom is 0.439 e. The Labute approximate surface area is 261 Å². The lowest BCUT2D eigenvalue weighted by molar-refractivity contribution is 0.0445. The summed E-state index contributed by atoms with van der Waals surface area (Å²) in [4.78, 5) is 26.0. The minimum absolute atomic E-state index is 0.245. The molecule has 1 saturated heterocycles. The Morgan fingerprint density at radius 1 is 1.13 bits per heavy atom. The van der Waals surface area contributed by atoms with Crippen LogP contribution in [0.3, 0.4) is 0 Å². The van der Waals surface area contributed by atoms with Gasteiger partial charge in [0, 0.05) is 28.9 Å². The maximum atomic E-state index is 14.6. The fourth-order valence-corrected chi connectivity index (χ4v) is 6.49. The molecule has 2 aromatic carbocycles. The van der Waals surface area contributed by atoms with Crippen molar-refractivity contribution in [1.82, 2.24) is 29.6 Å². The Morgan fingerprint density at radius 2 is 1.98 bits per heavy atom. The molecule has 0 radical (unpaired) electrons. The molecule has 0 bridgehead atoms. The van der Waals surface area contributed by atoms with Crippen LogP contribution in [0.5, 0.6) is 11.5 Å². The van der Waals surface area contributed by atoms with Gasteiger partial charge in [0.2, 0.25) is 0 Å². The largest absolute Gasteiger partial charge is 0.447 e. The molecule has 0 spiro atoms. The third-order valence-corrected chi connectivity index (χ3v) is 9.24. The summed E-state index contributed by atoms with van der Waals surface area (Å²) in [5, 5.41) is 13.9. The molecule has 5 heterocycles. The summed E-state index contributed by atoms with van der Waals surface area (Å²) in [7, 11) is 0. The molecule has 8 rings (SSSR count). The number of H-pyrrole nitrogens is 1. The van der Waals surface area contributed by atoms with Crippen molar-refractivity contribution in [3.63, 3.8) is 0 Å². The van der Waals surface area contributed by atoms with Gasteiger partial charge < -0.3 is 14.0 Å². The van der Waals surface area contributed by atoms with E-state index in [0.29, 0.717) is 51.9 Å². The van der Waals surface area contributed by atoms with E-state index in [4.69, 9.17) is 26.1 Å². The van der Waals surface area contributed by atoms with Crippen LogP contribution in [0, 0.1) is 22.6 Å². The Kier molecular flexibility index (Phi) is 6.62. The summed E-state index contributed by atoms with van der Waals surface area (Å²) in [6.07, 6.45) is 4.25. The first-order chi connectivity index (χ1) is 21.9. The molecule has 2 aliphatic heterocycles. The van der Waals surface area contributed by atoms with Crippen LogP contribution in [-0.2, 0) is 13.1 Å². The number of piperidine rings is 1. The number of pyridine rings is 1. The predicted molar refractivity (Wildman–Crippen MR) is 160 cm³/mol. The van der Waals surface area contributed by atoms with E-state index in [1.165, 1.54) is 6.07 Å². The molecule has 1 atom stereocenters. The highest BCUT2D eigenvalue weighted by Gasteiger charge is 2.44. The molecule has 45 heavy (non-hydrogen) atoms. The normalized spacial score (nSPS) is 19.2. The van der Waals surface area contributed by atoms with Gasteiger partial charge in [-0.1, -0.05) is 28.9 Å². The monoisotopic (exact) mass is 627 g/mol. The predicted octanol–water partition coefficient (Wildman–Crippen LogP) is 5.72. The van der Waals surface area contributed by atoms with Crippen molar-refractivity contribution in [3.05, 3.63) is 87.0 Å². The maximum absolute atomic E-state index is 14.6. The van der Waals surface area contributed by atoms with Gasteiger partial charge in [0.1, 0.15) is 17.2 Å². The molecule has 228 valence electrons. The minimum Gasteiger partial charge on any atom is -0.447 e. The summed E-state index contributed by atoms with van der Waals surface area (Å²) in [6.45, 7) is 2.79. The number of nitriles is 1. The number of para-hydroxylation sites is 1. The van der Waals surface area contributed by atoms with E-state index in [0.717, 1.165) is 50.2 Å². The fourth-order valence-electron chi connectivity index (χ4n) is 6.33. The second-order valence-electron chi connectivity index (χ2n) is 12.0. The van der Waals surface area contributed by atoms with Crippen molar-refractivity contribution in [2.24, 2.45) is 5.41 Å². The molecule has 2 fully saturated rings. The number of benzene rings is 2. The van der Waals surface area contributed by atoms with Gasteiger partial charge in [-0.05, 0) is 75.0 Å². The molecule has 1 aliphatic carbocycles. The lowest BCUT2D eigenvalue weighted by Gasteiger charge is -2.32. The molecule has 1 saturated carbocycles. The number of imidazole rings is 1. The summed E-state index contributed by atoms with van der Waals surface area (Å²) in [5.41, 5.74) is 2.92. The summed E-state index contributed by atoms with van der Waals surface area (Å²) >= 11 is 5.94. The van der Waals surface area contributed by atoms with E-state index < -0.39 is 23.3 Å². The number of ether oxygens (including phenoxy) is 2. The second-order valence-corrected chi connectivity index (χ2v) is 12.4. The quantitative estimate of drug-likeness (QED) is 0.240. The first-order valence-corrected chi connectivity index (χ1v) is 15.2. The highest BCUT2D eigenvalue weighted by molar-refractivity contribution is 6.30. The van der Waals surface area contributed by atoms with Crippen LogP contribution in [0.15, 0.2) is 58.0 Å². The molecule has 0 amide bonds. The molecule has 3 aromatic heterocycles. The molecular formula is C32H27ClFN7O4. The van der Waals surface area contributed by atoms with Gasteiger partial charge in [0.15, 0.2) is 23.0 Å². The highest BCUT2D eigenvalue weighted by atomic mass is 35.5. The van der Waals surface area contributed by atoms with Gasteiger partial charge in [-0.25, -0.2) is 19.2 Å². The number of hydrogen-bond acceptors (Lipinski definition) is 9. The van der Waals surface area contributed by atoms with E-state index in [9.17, 15) is 14.4 Å². The summed E-state index contributed by atoms with van der Waals surface area (Å²) < 4.78 is 33.5. The van der Waals surface area contributed by atoms with Crippen molar-refractivity contribution in [1.29, 1.82) is 5.26 Å². The lowest BCUT2D eigenvalue weighted by atomic mass is 9.88. The lowest BCUT2D eigenvalue weighted by Crippen LogP contribution is -2.33. The van der Waals surface area contributed by atoms with E-state index in [-0.39, 0.29) is 11.7 Å². The summed E-state index contributed by atoms with van der Waals surface area (Å²) in [5.74, 6) is 1.54. The number of likely N-dealkylation sites (tertiary alicyclic amines) is 1. The average Bonchev–Trinajstić information content (AvgIpc) is 3.31. The van der Waals surface area contributed by atoms with Gasteiger partial charge >= 0.3 is 5.76 Å². The molecule has 13 heteroatoms. The van der Waals surface area contributed by atoms with Crippen LogP contribution in [0.1, 0.15) is 54.8 Å². The number of hydrogen-bond donors (Lipinski definition) is 1. The second kappa shape index (κ2) is 10.7. The van der Waals surface area contributed by atoms with E-state index in [1.54, 1.807) is 18.3 Å². The third-order valence-electron chi connectivity index (χ3n) is 9.01. The summed E-state index contributed by atoms with van der Waals surface area (Å²) in [6, 6.07) is 14.6. The first-order valence-electron chi connectivity index (χ1n) is 14.8. The standard InChI is InChI=1S/C32H27ClFN7O4/c33-20-4-5-22(23(34)13-20)30-43-25-3-1-2-21(27(25)44-30)18-6-10-40(11-7-18)15-26-37-24-12-19(28-38-31(42)45-39-28)14-36-29(24)41(26)17-32(16-35)8-9-32/h1-5,12-14,18,30H,6-11,15,17H2,(H,38,39,42). The first kappa shape index (κ1) is 27.8. The molecule has 1 unspecified atom stereocenters. The fraction of sp³-hybridized carbons (Fsp3) is 0.344. The van der Waals surface area contributed by atoms with Crippen LogP contribution in [0.25, 0.3) is 22.6 Å². The van der Waals surface area contributed by atoms with Gasteiger partial charge in [-0.2, -0.15) is 5.26 Å². The number of rotatable bonds is 7. The van der Waals surface area contributed by atoms with Gasteiger partial charge in [0.05, 0.1) is 23.6 Å². The number of aromatic nitrogens is 5. The number of aromatic amines is 1. The van der Waals surface area contributed by atoms with Crippen LogP contribution in [-0.4, -0.2) is 42.7 Å². The molecular weight excluding hydrogens is 601 g/mol. The Morgan fingerprint density at radius 3 is 2.71 bits per heavy atom. The number of nitrogens with one attached hydrogen (secondary N) is 1. The van der Waals surface area contributed by atoms with Crippen LogP contribution in [0.4, 0.5) is 4.39 Å². The SMILES string of the molecule is N#CC1(Cn2c(CN3CCC(c4cccc5c4OC(c4ccc(Cl)cc4F)O5)CC3)nc3cc(-c4noc(=O)[nH]4)cnc32)CC1. The molecule has 5 aromatic rings. The van der Waals surface area contributed by atoms with Gasteiger partial charge in [0.25, 0.3) is 6.29 Å². The smallest absolute Gasteiger partial charge is 0.439 e. The highest BCUT2D eigenvalue weighted by Crippen LogP contribution is 2.48. The minimum atomic E-state index is -0.867. The van der Waals surface area contributed by atoms with Crippen molar-refractivity contribution >= 4 is 22.8 Å². The van der Waals surface area contributed by atoms with Crippen molar-refractivity contribution in [2.75, 3.05) is 13.1 Å². The third kappa shape index (κ3) is 5.11. The Balaban J connectivity index is 1.01. The zero-order chi connectivity index (χ0) is 30.7. The number of fused-ring (bicyclic) bond motifs is 2. The average molecular weight is 628 g/mol. The van der Waals surface area contributed by atoms with Crippen LogP contribution < -0.4 is 15.2 Å². The Bertz CT molecular complexity index is 2040. The van der Waals surface area contributed by atoms with Gasteiger partial charge in [-0.3, -0.25) is 14.4 Å². The van der Waals surface area contributed by atoms with E-state index >= 15 is 0 Å². The van der Waals surface area contributed by atoms with Crippen molar-refractivity contribution in [2.45, 2.75) is 51.0 Å². The number of halogens is 2. The number of nitrogens with zero attached hydrogens (tertiary/aromatic N) is 6. The van der Waals surface area contributed by atoms with E-state index in [1.807, 2.05) is 18.2 Å². The Hall–Kier alpha value is -4.73. The molecule has 3 aliphatic rings. The van der Waals surface area contributed by atoms with E-state index in [2.05, 4.69) is 41.3 Å². The van der Waals surface area contributed by atoms with Gasteiger partial charge in [-0.15, -0.1) is 0 Å². The topological polar surface area (TPSA) is 135 Å².